The monoisotopic (exact) mass is 577 g/mol. The first-order chi connectivity index (χ1) is 18.0. The SMILES string of the molecule is CNC(=O)[C@@H](C)N(Cc1cccc(Cl)c1)C(=O)CN(c1ccc(OC)c(Cl)c1)S(=O)(=O)c1ccc(C)cc1. The zero-order valence-electron chi connectivity index (χ0n) is 21.4. The number of nitrogens with one attached hydrogen (secondary N) is 1. The molecule has 0 aliphatic carbocycles. The standard InChI is InChI=1S/C27H29Cl2N3O5S/c1-18-8-11-23(12-9-18)38(35,36)32(22-10-13-25(37-4)24(29)15-22)17-26(33)31(19(2)27(34)30-3)16-20-6-5-7-21(28)14-20/h5-15,19H,16-17H2,1-4H3,(H,30,34)/t19-/m1/s1. The van der Waals surface area contributed by atoms with Gasteiger partial charge in [0.25, 0.3) is 10.0 Å². The second-order valence-electron chi connectivity index (χ2n) is 8.59. The highest BCUT2D eigenvalue weighted by Crippen LogP contribution is 2.32. The van der Waals surface area contributed by atoms with E-state index < -0.39 is 34.4 Å². The molecule has 0 fully saturated rings. The third-order valence-corrected chi connectivity index (χ3v) is 8.29. The Morgan fingerprint density at radius 2 is 1.71 bits per heavy atom. The first-order valence-corrected chi connectivity index (χ1v) is 13.9. The van der Waals surface area contributed by atoms with Crippen LogP contribution in [0.1, 0.15) is 18.1 Å². The normalized spacial score (nSPS) is 11.9. The molecule has 0 spiro atoms. The van der Waals surface area contributed by atoms with E-state index in [0.717, 1.165) is 9.87 Å². The molecular formula is C27H29Cl2N3O5S. The number of amides is 2. The molecule has 0 unspecified atom stereocenters. The van der Waals surface area contributed by atoms with Crippen LogP contribution in [0.25, 0.3) is 0 Å². The molecule has 0 aromatic heterocycles. The zero-order valence-corrected chi connectivity index (χ0v) is 23.8. The Hall–Kier alpha value is -3.27. The van der Waals surface area contributed by atoms with E-state index in [1.807, 2.05) is 6.92 Å². The molecule has 3 rings (SSSR count). The topological polar surface area (TPSA) is 96.0 Å². The van der Waals surface area contributed by atoms with Crippen molar-refractivity contribution in [2.45, 2.75) is 31.3 Å². The number of anilines is 1. The van der Waals surface area contributed by atoms with Gasteiger partial charge < -0.3 is 15.0 Å². The number of carbonyl (C=O) groups excluding carboxylic acids is 2. The molecule has 0 aliphatic heterocycles. The van der Waals surface area contributed by atoms with E-state index in [1.54, 1.807) is 43.3 Å². The van der Waals surface area contributed by atoms with E-state index in [2.05, 4.69) is 5.32 Å². The molecular weight excluding hydrogens is 549 g/mol. The molecule has 2 amide bonds. The number of hydrogen-bond acceptors (Lipinski definition) is 5. The van der Waals surface area contributed by atoms with Gasteiger partial charge in [-0.15, -0.1) is 0 Å². The van der Waals surface area contributed by atoms with E-state index in [-0.39, 0.29) is 22.2 Å². The molecule has 0 heterocycles. The smallest absolute Gasteiger partial charge is 0.264 e. The van der Waals surface area contributed by atoms with Gasteiger partial charge in [0.1, 0.15) is 18.3 Å². The van der Waals surface area contributed by atoms with Crippen molar-refractivity contribution in [1.29, 1.82) is 0 Å². The Labute approximate surface area is 233 Å². The number of ether oxygens (including phenoxy) is 1. The number of methoxy groups -OCH3 is 1. The fraction of sp³-hybridized carbons (Fsp3) is 0.259. The molecule has 3 aromatic carbocycles. The van der Waals surface area contributed by atoms with E-state index in [0.29, 0.717) is 16.3 Å². The van der Waals surface area contributed by atoms with Crippen molar-refractivity contribution in [2.24, 2.45) is 0 Å². The largest absolute Gasteiger partial charge is 0.495 e. The van der Waals surface area contributed by atoms with Crippen LogP contribution in [0.2, 0.25) is 10.0 Å². The first kappa shape index (κ1) is 29.3. The summed E-state index contributed by atoms with van der Waals surface area (Å²) >= 11 is 12.4. The van der Waals surface area contributed by atoms with Gasteiger partial charge in [-0.1, -0.05) is 53.0 Å². The van der Waals surface area contributed by atoms with Gasteiger partial charge in [0.2, 0.25) is 11.8 Å². The van der Waals surface area contributed by atoms with E-state index >= 15 is 0 Å². The van der Waals surface area contributed by atoms with Gasteiger partial charge in [0.15, 0.2) is 0 Å². The van der Waals surface area contributed by atoms with Crippen molar-refractivity contribution < 1.29 is 22.7 Å². The summed E-state index contributed by atoms with van der Waals surface area (Å²) in [6.45, 7) is 2.87. The number of nitrogens with zero attached hydrogens (tertiary/aromatic N) is 2. The first-order valence-electron chi connectivity index (χ1n) is 11.7. The molecule has 0 saturated carbocycles. The van der Waals surface area contributed by atoms with E-state index in [9.17, 15) is 18.0 Å². The lowest BCUT2D eigenvalue weighted by atomic mass is 10.1. The van der Waals surface area contributed by atoms with Gasteiger partial charge in [-0.05, 0) is 61.9 Å². The number of carbonyl (C=O) groups is 2. The maximum atomic E-state index is 13.8. The van der Waals surface area contributed by atoms with Crippen LogP contribution in [0.4, 0.5) is 5.69 Å². The lowest BCUT2D eigenvalue weighted by molar-refractivity contribution is -0.139. The maximum Gasteiger partial charge on any atom is 0.264 e. The van der Waals surface area contributed by atoms with E-state index in [4.69, 9.17) is 27.9 Å². The Morgan fingerprint density at radius 1 is 1.03 bits per heavy atom. The third-order valence-electron chi connectivity index (χ3n) is 5.97. The molecule has 38 heavy (non-hydrogen) atoms. The van der Waals surface area contributed by atoms with Gasteiger partial charge in [-0.25, -0.2) is 8.42 Å². The van der Waals surface area contributed by atoms with Crippen molar-refractivity contribution in [3.05, 3.63) is 87.9 Å². The van der Waals surface area contributed by atoms with Gasteiger partial charge in [0, 0.05) is 18.6 Å². The van der Waals surface area contributed by atoms with Crippen LogP contribution in [0.3, 0.4) is 0 Å². The summed E-state index contributed by atoms with van der Waals surface area (Å²) < 4.78 is 33.8. The average molecular weight is 579 g/mol. The van der Waals surface area contributed by atoms with Crippen molar-refractivity contribution in [3.63, 3.8) is 0 Å². The highest BCUT2D eigenvalue weighted by atomic mass is 35.5. The number of halogens is 2. The molecule has 8 nitrogen and oxygen atoms in total. The Balaban J connectivity index is 2.07. The Morgan fingerprint density at radius 3 is 2.29 bits per heavy atom. The average Bonchev–Trinajstić information content (AvgIpc) is 2.89. The van der Waals surface area contributed by atoms with Crippen LogP contribution >= 0.6 is 23.2 Å². The molecule has 0 saturated heterocycles. The van der Waals surface area contributed by atoms with Gasteiger partial charge in [-0.2, -0.15) is 0 Å². The van der Waals surface area contributed by atoms with Crippen LogP contribution in [0, 0.1) is 6.92 Å². The van der Waals surface area contributed by atoms with E-state index in [1.165, 1.54) is 49.4 Å². The predicted octanol–water partition coefficient (Wildman–Crippen LogP) is 4.67. The molecule has 202 valence electrons. The molecule has 11 heteroatoms. The summed E-state index contributed by atoms with van der Waals surface area (Å²) in [7, 11) is -1.29. The lowest BCUT2D eigenvalue weighted by Gasteiger charge is -2.32. The minimum atomic E-state index is -4.20. The quantitative estimate of drug-likeness (QED) is 0.378. The highest BCUT2D eigenvalue weighted by Gasteiger charge is 2.32. The maximum absolute atomic E-state index is 13.8. The number of benzene rings is 3. The van der Waals surface area contributed by atoms with Crippen LogP contribution in [0.15, 0.2) is 71.6 Å². The fourth-order valence-electron chi connectivity index (χ4n) is 3.80. The summed E-state index contributed by atoms with van der Waals surface area (Å²) in [6, 6.07) is 16.7. The zero-order chi connectivity index (χ0) is 28.0. The third kappa shape index (κ3) is 6.78. The van der Waals surface area contributed by atoms with Crippen LogP contribution < -0.4 is 14.4 Å². The molecule has 0 aliphatic rings. The number of aryl methyl sites for hydroxylation is 1. The van der Waals surface area contributed by atoms with Gasteiger partial charge in [0.05, 0.1) is 22.7 Å². The molecule has 1 N–H and O–H groups in total. The summed E-state index contributed by atoms with van der Waals surface area (Å²) in [5.74, 6) is -0.644. The van der Waals surface area contributed by atoms with Gasteiger partial charge in [-0.3, -0.25) is 13.9 Å². The molecule has 0 bridgehead atoms. The number of rotatable bonds is 10. The molecule has 3 aromatic rings. The van der Waals surface area contributed by atoms with Crippen molar-refractivity contribution in [1.82, 2.24) is 10.2 Å². The van der Waals surface area contributed by atoms with Crippen molar-refractivity contribution >= 4 is 50.7 Å². The van der Waals surface area contributed by atoms with Crippen LogP contribution in [-0.4, -0.2) is 51.9 Å². The summed E-state index contributed by atoms with van der Waals surface area (Å²) in [4.78, 5) is 27.6. The summed E-state index contributed by atoms with van der Waals surface area (Å²) in [5, 5.41) is 3.19. The second-order valence-corrected chi connectivity index (χ2v) is 11.3. The minimum Gasteiger partial charge on any atom is -0.495 e. The fourth-order valence-corrected chi connectivity index (χ4v) is 5.67. The van der Waals surface area contributed by atoms with Gasteiger partial charge >= 0.3 is 0 Å². The summed E-state index contributed by atoms with van der Waals surface area (Å²) in [5.41, 5.74) is 1.73. The number of sulfonamides is 1. The van der Waals surface area contributed by atoms with Crippen LogP contribution in [-0.2, 0) is 26.2 Å². The number of hydrogen-bond donors (Lipinski definition) is 1. The number of likely N-dealkylation sites (N-methyl/N-ethyl adjacent to an activating group) is 1. The minimum absolute atomic E-state index is 0.00332. The van der Waals surface area contributed by atoms with Crippen molar-refractivity contribution in [3.8, 4) is 5.75 Å². The highest BCUT2D eigenvalue weighted by molar-refractivity contribution is 7.92. The lowest BCUT2D eigenvalue weighted by Crippen LogP contribution is -2.50. The molecule has 1 atom stereocenters. The second kappa shape index (κ2) is 12.5. The van der Waals surface area contributed by atoms with Crippen molar-refractivity contribution in [2.75, 3.05) is 25.0 Å². The Bertz CT molecular complexity index is 1410. The van der Waals surface area contributed by atoms with Crippen LogP contribution in [0.5, 0.6) is 5.75 Å². The summed E-state index contributed by atoms with van der Waals surface area (Å²) in [6.07, 6.45) is 0. The molecule has 0 radical (unpaired) electrons. The Kier molecular flexibility index (Phi) is 9.65. The predicted molar refractivity (Wildman–Crippen MR) is 149 cm³/mol.